The molecule has 1 aromatic carbocycles. The molecular weight excluding hydrogens is 285 g/mol. The number of aliphatic hydroxyl groups excluding tert-OH is 1. The number of benzene rings is 1. The summed E-state index contributed by atoms with van der Waals surface area (Å²) in [4.78, 5) is 11.6. The van der Waals surface area contributed by atoms with Gasteiger partial charge in [-0.25, -0.2) is 0 Å². The van der Waals surface area contributed by atoms with Gasteiger partial charge in [-0.05, 0) is 36.5 Å². The standard InChI is InChI=1S/C14H15Cl2NO2/c15-11-3-1-2-10(14(11)16)6-7-13(19)17-8-12(18)9-4-5-9/h1-3,6-7,9,12,18H,4-5,8H2,(H,17,19). The fraction of sp³-hybridized carbons (Fsp3) is 0.357. The highest BCUT2D eigenvalue weighted by Gasteiger charge is 2.29. The molecular formula is C14H15Cl2NO2. The van der Waals surface area contributed by atoms with Crippen molar-refractivity contribution < 1.29 is 9.90 Å². The SMILES string of the molecule is O=C(C=Cc1cccc(Cl)c1Cl)NCC(O)C1CC1. The maximum atomic E-state index is 11.6. The second-order valence-electron chi connectivity index (χ2n) is 4.63. The summed E-state index contributed by atoms with van der Waals surface area (Å²) in [5.41, 5.74) is 0.687. The second kappa shape index (κ2) is 6.42. The van der Waals surface area contributed by atoms with Crippen LogP contribution in [0.3, 0.4) is 0 Å². The first-order valence-electron chi connectivity index (χ1n) is 6.16. The van der Waals surface area contributed by atoms with Gasteiger partial charge in [-0.3, -0.25) is 4.79 Å². The van der Waals surface area contributed by atoms with Crippen molar-refractivity contribution >= 4 is 35.2 Å². The van der Waals surface area contributed by atoms with Gasteiger partial charge in [0.1, 0.15) is 0 Å². The van der Waals surface area contributed by atoms with Gasteiger partial charge >= 0.3 is 0 Å². The molecule has 0 heterocycles. The lowest BCUT2D eigenvalue weighted by Crippen LogP contribution is -2.31. The minimum Gasteiger partial charge on any atom is -0.391 e. The van der Waals surface area contributed by atoms with E-state index in [0.717, 1.165) is 12.8 Å². The Hall–Kier alpha value is -1.03. The Balaban J connectivity index is 1.87. The van der Waals surface area contributed by atoms with Gasteiger partial charge in [0.2, 0.25) is 5.91 Å². The smallest absolute Gasteiger partial charge is 0.244 e. The van der Waals surface area contributed by atoms with E-state index in [9.17, 15) is 9.90 Å². The number of carbonyl (C=O) groups excluding carboxylic acids is 1. The van der Waals surface area contributed by atoms with Crippen molar-refractivity contribution in [2.45, 2.75) is 18.9 Å². The molecule has 19 heavy (non-hydrogen) atoms. The molecule has 2 N–H and O–H groups in total. The number of hydrogen-bond donors (Lipinski definition) is 2. The summed E-state index contributed by atoms with van der Waals surface area (Å²) in [5, 5.41) is 13.2. The van der Waals surface area contributed by atoms with Crippen LogP contribution in [0.15, 0.2) is 24.3 Å². The monoisotopic (exact) mass is 299 g/mol. The van der Waals surface area contributed by atoms with Gasteiger partial charge in [0.25, 0.3) is 0 Å². The molecule has 1 aliphatic carbocycles. The molecule has 5 heteroatoms. The predicted molar refractivity (Wildman–Crippen MR) is 77.2 cm³/mol. The summed E-state index contributed by atoms with van der Waals surface area (Å²) in [7, 11) is 0. The van der Waals surface area contributed by atoms with Crippen LogP contribution in [0.4, 0.5) is 0 Å². The minimum absolute atomic E-state index is 0.254. The Labute approximate surface area is 122 Å². The van der Waals surface area contributed by atoms with Gasteiger partial charge in [0.05, 0.1) is 16.1 Å². The van der Waals surface area contributed by atoms with E-state index in [-0.39, 0.29) is 12.5 Å². The topological polar surface area (TPSA) is 49.3 Å². The average molecular weight is 300 g/mol. The van der Waals surface area contributed by atoms with Gasteiger partial charge in [-0.2, -0.15) is 0 Å². The molecule has 0 spiro atoms. The van der Waals surface area contributed by atoms with Gasteiger partial charge in [-0.1, -0.05) is 35.3 Å². The van der Waals surface area contributed by atoms with Crippen molar-refractivity contribution in [1.82, 2.24) is 5.32 Å². The van der Waals surface area contributed by atoms with Gasteiger partial charge in [0, 0.05) is 12.6 Å². The third-order valence-corrected chi connectivity index (χ3v) is 3.88. The lowest BCUT2D eigenvalue weighted by atomic mass is 10.2. The van der Waals surface area contributed by atoms with Crippen molar-refractivity contribution in [2.24, 2.45) is 5.92 Å². The molecule has 0 aliphatic heterocycles. The molecule has 0 saturated heterocycles. The quantitative estimate of drug-likeness (QED) is 0.822. The van der Waals surface area contributed by atoms with Crippen LogP contribution in [-0.4, -0.2) is 23.7 Å². The van der Waals surface area contributed by atoms with Crippen LogP contribution in [0.1, 0.15) is 18.4 Å². The van der Waals surface area contributed by atoms with Crippen molar-refractivity contribution in [3.8, 4) is 0 Å². The van der Waals surface area contributed by atoms with E-state index < -0.39 is 6.10 Å². The largest absolute Gasteiger partial charge is 0.391 e. The summed E-state index contributed by atoms with van der Waals surface area (Å²) in [5.74, 6) is 0.0994. The van der Waals surface area contributed by atoms with Crippen molar-refractivity contribution in [1.29, 1.82) is 0 Å². The Morgan fingerprint density at radius 3 is 2.89 bits per heavy atom. The van der Waals surface area contributed by atoms with Crippen LogP contribution in [0.25, 0.3) is 6.08 Å². The zero-order valence-corrected chi connectivity index (χ0v) is 11.8. The first-order valence-corrected chi connectivity index (χ1v) is 6.91. The molecule has 1 unspecified atom stereocenters. The second-order valence-corrected chi connectivity index (χ2v) is 5.41. The van der Waals surface area contributed by atoms with E-state index in [1.165, 1.54) is 6.08 Å². The van der Waals surface area contributed by atoms with Crippen molar-refractivity contribution in [3.05, 3.63) is 39.9 Å². The van der Waals surface area contributed by atoms with Crippen LogP contribution in [0, 0.1) is 5.92 Å². The van der Waals surface area contributed by atoms with Crippen LogP contribution < -0.4 is 5.32 Å². The molecule has 1 fully saturated rings. The predicted octanol–water partition coefficient (Wildman–Crippen LogP) is 2.89. The highest BCUT2D eigenvalue weighted by Crippen LogP contribution is 2.32. The third kappa shape index (κ3) is 4.23. The molecule has 0 aromatic heterocycles. The van der Waals surface area contributed by atoms with Crippen LogP contribution in [0.2, 0.25) is 10.0 Å². The molecule has 3 nitrogen and oxygen atoms in total. The van der Waals surface area contributed by atoms with Gasteiger partial charge in [0.15, 0.2) is 0 Å². The summed E-state index contributed by atoms with van der Waals surface area (Å²) in [6.45, 7) is 0.289. The van der Waals surface area contributed by atoms with E-state index in [0.29, 0.717) is 21.5 Å². The average Bonchev–Trinajstić information content (AvgIpc) is 3.22. The zero-order chi connectivity index (χ0) is 13.8. The highest BCUT2D eigenvalue weighted by molar-refractivity contribution is 6.42. The molecule has 1 aromatic rings. The number of nitrogens with one attached hydrogen (secondary N) is 1. The Morgan fingerprint density at radius 1 is 1.47 bits per heavy atom. The van der Waals surface area contributed by atoms with E-state index >= 15 is 0 Å². The number of halogens is 2. The Morgan fingerprint density at radius 2 is 2.21 bits per heavy atom. The molecule has 2 rings (SSSR count). The number of amides is 1. The van der Waals surface area contributed by atoms with Gasteiger partial charge < -0.3 is 10.4 Å². The Bertz CT molecular complexity index is 498. The molecule has 0 radical (unpaired) electrons. The number of hydrogen-bond acceptors (Lipinski definition) is 2. The van der Waals surface area contributed by atoms with E-state index in [4.69, 9.17) is 23.2 Å². The highest BCUT2D eigenvalue weighted by atomic mass is 35.5. The van der Waals surface area contributed by atoms with Crippen LogP contribution in [-0.2, 0) is 4.79 Å². The van der Waals surface area contributed by atoms with E-state index in [1.54, 1.807) is 24.3 Å². The summed E-state index contributed by atoms with van der Waals surface area (Å²) >= 11 is 11.9. The van der Waals surface area contributed by atoms with Crippen molar-refractivity contribution in [2.75, 3.05) is 6.54 Å². The maximum Gasteiger partial charge on any atom is 0.244 e. The molecule has 0 bridgehead atoms. The molecule has 1 saturated carbocycles. The first-order chi connectivity index (χ1) is 9.08. The number of carbonyl (C=O) groups is 1. The molecule has 102 valence electrons. The first kappa shape index (κ1) is 14.4. The fourth-order valence-electron chi connectivity index (χ4n) is 1.73. The van der Waals surface area contributed by atoms with Gasteiger partial charge in [-0.15, -0.1) is 0 Å². The lowest BCUT2D eigenvalue weighted by Gasteiger charge is -2.08. The maximum absolute atomic E-state index is 11.6. The summed E-state index contributed by atoms with van der Waals surface area (Å²) in [6, 6.07) is 5.23. The molecule has 1 aliphatic rings. The van der Waals surface area contributed by atoms with Crippen molar-refractivity contribution in [3.63, 3.8) is 0 Å². The zero-order valence-electron chi connectivity index (χ0n) is 10.3. The molecule has 1 atom stereocenters. The normalized spacial score (nSPS) is 16.6. The van der Waals surface area contributed by atoms with Crippen LogP contribution in [0.5, 0.6) is 0 Å². The third-order valence-electron chi connectivity index (χ3n) is 3.05. The minimum atomic E-state index is -0.438. The van der Waals surface area contributed by atoms with E-state index in [2.05, 4.69) is 5.32 Å². The van der Waals surface area contributed by atoms with E-state index in [1.807, 2.05) is 0 Å². The lowest BCUT2D eigenvalue weighted by molar-refractivity contribution is -0.116. The number of rotatable bonds is 5. The Kier molecular flexibility index (Phi) is 4.86. The fourth-order valence-corrected chi connectivity index (χ4v) is 2.10. The summed E-state index contributed by atoms with van der Waals surface area (Å²) < 4.78 is 0. The molecule has 1 amide bonds. The van der Waals surface area contributed by atoms with Crippen LogP contribution >= 0.6 is 23.2 Å². The summed E-state index contributed by atoms with van der Waals surface area (Å²) in [6.07, 6.45) is 4.65. The number of aliphatic hydroxyl groups is 1.